The molecule has 10 nitrogen and oxygen atoms in total. The Morgan fingerprint density at radius 3 is 0.703 bits per heavy atom. The van der Waals surface area contributed by atoms with E-state index in [0.29, 0.717) is 6.06 Å². The summed E-state index contributed by atoms with van der Waals surface area (Å²) in [6.45, 7) is 0. The van der Waals surface area contributed by atoms with E-state index in [1.54, 1.807) is 0 Å². The lowest BCUT2D eigenvalue weighted by Crippen LogP contribution is -2.10. The molecule has 12 heteroatoms. The van der Waals surface area contributed by atoms with Gasteiger partial charge in [0.1, 0.15) is 17.5 Å². The molecule has 21 aromatic carbocycles. The van der Waals surface area contributed by atoms with E-state index in [4.69, 9.17) is 22.8 Å². The van der Waals surface area contributed by atoms with Crippen molar-refractivity contribution in [3.05, 3.63) is 522 Å². The molecule has 5 aromatic heterocycles. The van der Waals surface area contributed by atoms with Crippen molar-refractivity contribution < 1.29 is 0 Å². The molecule has 1 unspecified atom stereocenters. The number of rotatable bonds is 16. The molecule has 0 saturated heterocycles. The van der Waals surface area contributed by atoms with E-state index in [-0.39, 0.29) is 0 Å². The van der Waals surface area contributed by atoms with Crippen molar-refractivity contribution in [1.29, 1.82) is 0 Å². The van der Waals surface area contributed by atoms with E-state index in [9.17, 15) is 0 Å². The van der Waals surface area contributed by atoms with Gasteiger partial charge in [0, 0.05) is 100 Å². The van der Waals surface area contributed by atoms with Gasteiger partial charge in [-0.1, -0.05) is 328 Å². The third kappa shape index (κ3) is 16.2. The molecule has 0 N–H and O–H groups in total. The maximum atomic E-state index is 5.28. The maximum Gasteiger partial charge on any atom is 0.145 e. The number of hydrogen-bond acceptors (Lipinski definition) is 5. The van der Waals surface area contributed by atoms with Crippen LogP contribution in [0.4, 0.5) is 34.1 Å². The number of hydrogen-bond donors (Lipinski definition) is 0. The van der Waals surface area contributed by atoms with Crippen LogP contribution in [-0.4, -0.2) is 51.7 Å². The van der Waals surface area contributed by atoms with Crippen molar-refractivity contribution in [2.75, 3.05) is 15.9 Å². The lowest BCUT2D eigenvalue weighted by atomic mass is 10.0. The van der Waals surface area contributed by atoms with Gasteiger partial charge in [0.2, 0.25) is 0 Å². The maximum absolute atomic E-state index is 5.28. The summed E-state index contributed by atoms with van der Waals surface area (Å²) < 4.78 is 11.5. The molecule has 26 aromatic rings. The van der Waals surface area contributed by atoms with E-state index < -0.39 is 0 Å². The Balaban J connectivity index is 0.000000115. The van der Waals surface area contributed by atoms with Crippen LogP contribution in [0.25, 0.3) is 183 Å². The van der Waals surface area contributed by atoms with E-state index in [1.165, 1.54) is 98.8 Å². The normalized spacial score (nSPS) is 11.3. The summed E-state index contributed by atoms with van der Waals surface area (Å²) >= 11 is 0. The van der Waals surface area contributed by atoms with Gasteiger partial charge in [0.25, 0.3) is 0 Å². The van der Waals surface area contributed by atoms with Gasteiger partial charge in [-0.15, -0.1) is 9.24 Å². The SMILES string of the molecule is [B]CP.c1ccc(-n2c(-c3cc(-c4nc5ccccc5n4-c4ccccc4)cc(-c4nc5ccccc5n4-c4ccccc4)c3)nc3ccccc32)cc1.c1ccc(N(c2ccc(-c3ccc(N(c4ccccc4)c4cccc5ccccc45)cc3)cc2)c2cccc3ccccc23)cc1.c1ccc2c(c1)c1ccccc1n2-c1ccc(-c2ccc(-n3c4ccccc4c4ccccc43)cc2)cc1. The van der Waals surface area contributed by atoms with Gasteiger partial charge in [-0.05, 0) is 233 Å². The largest absolute Gasteiger partial charge is 0.310 e. The van der Waals surface area contributed by atoms with Crippen LogP contribution >= 0.6 is 9.24 Å². The highest BCUT2D eigenvalue weighted by atomic mass is 31.0. The fraction of sp³-hybridized carbons (Fsp3) is 0.00794. The van der Waals surface area contributed by atoms with Gasteiger partial charge < -0.3 is 18.9 Å². The van der Waals surface area contributed by atoms with Crippen LogP contribution in [0.5, 0.6) is 0 Å². The van der Waals surface area contributed by atoms with Gasteiger partial charge >= 0.3 is 0 Å². The molecule has 0 amide bonds. The fourth-order valence-electron chi connectivity index (χ4n) is 19.6. The van der Waals surface area contributed by atoms with E-state index >= 15 is 0 Å². The molecule has 0 bridgehead atoms. The van der Waals surface area contributed by atoms with Crippen LogP contribution in [0, 0.1) is 0 Å². The minimum absolute atomic E-state index is 0.667. The summed E-state index contributed by atoms with van der Waals surface area (Å²) in [6.07, 6.45) is 0. The fourth-order valence-corrected chi connectivity index (χ4v) is 19.6. The first kappa shape index (κ1) is 84.5. The van der Waals surface area contributed by atoms with E-state index in [1.807, 2.05) is 36.4 Å². The van der Waals surface area contributed by atoms with Crippen LogP contribution in [0.15, 0.2) is 522 Å². The van der Waals surface area contributed by atoms with Crippen molar-refractivity contribution in [2.24, 2.45) is 0 Å². The quantitative estimate of drug-likeness (QED) is 0.0712. The third-order valence-electron chi connectivity index (χ3n) is 25.8. The average Bonchev–Trinajstić information content (AvgIpc) is 1.58. The number of fused-ring (bicyclic) bond motifs is 11. The Morgan fingerprint density at radius 2 is 0.406 bits per heavy atom. The summed E-state index contributed by atoms with van der Waals surface area (Å²) in [7, 11) is 7.17. The molecule has 1 atom stereocenters. The van der Waals surface area contributed by atoms with Crippen molar-refractivity contribution in [3.8, 4) is 84.9 Å². The Bertz CT molecular complexity index is 8100. The molecule has 0 saturated carbocycles. The number of benzene rings is 21. The van der Waals surface area contributed by atoms with Crippen LogP contribution in [0.2, 0.25) is 0 Å². The minimum atomic E-state index is 0.667. The number of aromatic nitrogens is 8. The molecular formula is C126H90BN10P. The number of imidazole rings is 3. The smallest absolute Gasteiger partial charge is 0.145 e. The predicted octanol–water partition coefficient (Wildman–Crippen LogP) is 32.8. The monoisotopic (exact) mass is 1780 g/mol. The molecule has 5 heterocycles. The zero-order valence-corrected chi connectivity index (χ0v) is 76.6. The minimum Gasteiger partial charge on any atom is -0.310 e. The van der Waals surface area contributed by atoms with Crippen molar-refractivity contribution in [1.82, 2.24) is 37.8 Å². The molecule has 0 fully saturated rings. The summed E-state index contributed by atoms with van der Waals surface area (Å²) in [6, 6.07) is 185. The third-order valence-corrected chi connectivity index (χ3v) is 25.8. The molecule has 2 radical (unpaired) electrons. The summed E-state index contributed by atoms with van der Waals surface area (Å²) in [5, 5.41) is 10.0. The summed E-state index contributed by atoms with van der Waals surface area (Å²) in [4.78, 5) is 20.5. The van der Waals surface area contributed by atoms with Gasteiger partial charge in [-0.25, -0.2) is 15.0 Å². The first-order valence-corrected chi connectivity index (χ1v) is 47.4. The second-order valence-corrected chi connectivity index (χ2v) is 34.6. The molecule has 26 rings (SSSR count). The highest BCUT2D eigenvalue weighted by Crippen LogP contribution is 2.46. The Morgan fingerprint density at radius 1 is 0.188 bits per heavy atom. The first-order valence-electron chi connectivity index (χ1n) is 46.6. The first-order chi connectivity index (χ1) is 68.4. The molecule has 0 aliphatic rings. The molecule has 0 aliphatic heterocycles. The topological polar surface area (TPSA) is 69.8 Å². The van der Waals surface area contributed by atoms with Crippen LogP contribution in [-0.2, 0) is 0 Å². The van der Waals surface area contributed by atoms with Gasteiger partial charge in [-0.3, -0.25) is 13.7 Å². The van der Waals surface area contributed by atoms with E-state index in [2.05, 4.69) is 527 Å². The lowest BCUT2D eigenvalue weighted by molar-refractivity contribution is 1.09. The summed E-state index contributed by atoms with van der Waals surface area (Å²) in [5.41, 5.74) is 30.8. The molecule has 0 spiro atoms. The molecule has 652 valence electrons. The van der Waals surface area contributed by atoms with Crippen LogP contribution < -0.4 is 9.80 Å². The number of para-hydroxylation sites is 15. The standard InChI is InChI=1S/C45H30N6.C44H32N2.C36H24N2.CH4BP/c1-4-16-34(17-5-1)49-40-25-13-10-22-37(40)46-43(49)31-28-32(44-47-38-23-11-14-26-41(38)50(44)35-18-6-2-7-19-35)30-33(29-31)45-48-39-24-12-15-27-42(39)51(45)36-20-8-3-9-21-36;1-3-17-37(18-4-1)45(43-23-11-15-35-13-7-9-21-41(35)43)39-29-25-33(26-30-39)34-27-31-40(32-28-34)46(38-19-5-2-6-20-38)44-24-12-16-36-14-8-10-22-42(36)44;1-5-13-33-29(9-1)30-10-2-6-14-34(30)37(33)27-21-17-25(18-22-27)26-19-23-28(24-20-26)38-35-15-7-3-11-31(35)32-12-4-8-16-36(32)38;2-1-3/h1-30H;1-32H;1-24H;1,3H2. The second kappa shape index (κ2) is 37.7. The highest BCUT2D eigenvalue weighted by molar-refractivity contribution is 7.19. The molecule has 138 heavy (non-hydrogen) atoms. The van der Waals surface area contributed by atoms with Crippen molar-refractivity contribution in [3.63, 3.8) is 0 Å². The average molecular weight is 1790 g/mol. The number of nitrogens with zero attached hydrogens (tertiary/aromatic N) is 10. The zero-order chi connectivity index (χ0) is 92.2. The van der Waals surface area contributed by atoms with Gasteiger partial charge in [0.15, 0.2) is 0 Å². The van der Waals surface area contributed by atoms with Crippen LogP contribution in [0.3, 0.4) is 0 Å². The second-order valence-electron chi connectivity index (χ2n) is 34.1. The summed E-state index contributed by atoms with van der Waals surface area (Å²) in [5.74, 6) is 2.53. The Hall–Kier alpha value is -17.8. The Labute approximate surface area is 804 Å². The van der Waals surface area contributed by atoms with Crippen molar-refractivity contribution in [2.45, 2.75) is 0 Å². The van der Waals surface area contributed by atoms with Gasteiger partial charge in [-0.2, -0.15) is 0 Å². The highest BCUT2D eigenvalue weighted by Gasteiger charge is 2.26. The Kier molecular flexibility index (Phi) is 23.1. The van der Waals surface area contributed by atoms with Crippen molar-refractivity contribution >= 4 is 149 Å². The van der Waals surface area contributed by atoms with Gasteiger partial charge in [0.05, 0.1) is 74.4 Å². The zero-order valence-electron chi connectivity index (χ0n) is 75.5. The molecular weight excluding hydrogens is 1700 g/mol. The predicted molar refractivity (Wildman–Crippen MR) is 584 cm³/mol. The lowest BCUT2D eigenvalue weighted by Gasteiger charge is -2.27. The molecule has 0 aliphatic carbocycles. The van der Waals surface area contributed by atoms with E-state index in [0.717, 1.165) is 118 Å². The number of anilines is 6. The van der Waals surface area contributed by atoms with Crippen LogP contribution in [0.1, 0.15) is 0 Å².